The predicted molar refractivity (Wildman–Crippen MR) is 91.9 cm³/mol. The Morgan fingerprint density at radius 2 is 1.52 bits per heavy atom. The summed E-state index contributed by atoms with van der Waals surface area (Å²) in [6.45, 7) is 11.3. The molecule has 0 radical (unpaired) electrons. The summed E-state index contributed by atoms with van der Waals surface area (Å²) in [7, 11) is 0. The van der Waals surface area contributed by atoms with E-state index in [2.05, 4.69) is 49.2 Å². The second kappa shape index (κ2) is 8.55. The van der Waals surface area contributed by atoms with E-state index >= 15 is 0 Å². The van der Waals surface area contributed by atoms with Crippen molar-refractivity contribution in [1.82, 2.24) is 10.2 Å². The molecule has 0 saturated carbocycles. The molecule has 2 heteroatoms. The third-order valence-corrected chi connectivity index (χ3v) is 4.49. The minimum Gasteiger partial charge on any atom is -0.309 e. The molecular weight excluding hydrogens is 256 g/mol. The second-order valence-electron chi connectivity index (χ2n) is 6.60. The normalized spacial score (nSPS) is 19.0. The topological polar surface area (TPSA) is 15.3 Å². The van der Waals surface area contributed by atoms with Crippen LogP contribution in [0.15, 0.2) is 18.2 Å². The quantitative estimate of drug-likeness (QED) is 0.872. The Hall–Kier alpha value is -0.860. The van der Waals surface area contributed by atoms with E-state index in [1.54, 1.807) is 0 Å². The lowest BCUT2D eigenvalue weighted by atomic mass is 10.00. The number of hydrogen-bond donors (Lipinski definition) is 1. The van der Waals surface area contributed by atoms with Gasteiger partial charge in [-0.15, -0.1) is 0 Å². The van der Waals surface area contributed by atoms with E-state index in [-0.39, 0.29) is 0 Å². The third-order valence-electron chi connectivity index (χ3n) is 4.49. The highest BCUT2D eigenvalue weighted by molar-refractivity contribution is 5.31. The molecule has 118 valence electrons. The van der Waals surface area contributed by atoms with E-state index in [1.165, 1.54) is 61.9 Å². The molecule has 1 heterocycles. The van der Waals surface area contributed by atoms with Crippen LogP contribution in [-0.2, 0) is 0 Å². The summed E-state index contributed by atoms with van der Waals surface area (Å²) in [5.41, 5.74) is 4.21. The fourth-order valence-corrected chi connectivity index (χ4v) is 3.50. The Balaban J connectivity index is 2.06. The molecule has 2 nitrogen and oxygen atoms in total. The van der Waals surface area contributed by atoms with Crippen molar-refractivity contribution >= 4 is 0 Å². The molecule has 0 spiro atoms. The highest BCUT2D eigenvalue weighted by Gasteiger charge is 2.16. The summed E-state index contributed by atoms with van der Waals surface area (Å²) in [6.07, 6.45) is 6.98. The summed E-state index contributed by atoms with van der Waals surface area (Å²) in [6, 6.07) is 7.44. The molecule has 1 fully saturated rings. The summed E-state index contributed by atoms with van der Waals surface area (Å²) >= 11 is 0. The zero-order chi connectivity index (χ0) is 15.1. The lowest BCUT2D eigenvalue weighted by molar-refractivity contribution is 0.222. The maximum Gasteiger partial charge on any atom is 0.0449 e. The van der Waals surface area contributed by atoms with E-state index in [9.17, 15) is 0 Å². The number of nitrogens with zero attached hydrogens (tertiary/aromatic N) is 1. The Morgan fingerprint density at radius 3 is 2.10 bits per heavy atom. The van der Waals surface area contributed by atoms with Crippen LogP contribution < -0.4 is 5.32 Å². The van der Waals surface area contributed by atoms with Crippen LogP contribution in [0.5, 0.6) is 0 Å². The van der Waals surface area contributed by atoms with Crippen LogP contribution in [0.2, 0.25) is 0 Å². The Morgan fingerprint density at radius 1 is 0.952 bits per heavy atom. The summed E-state index contributed by atoms with van der Waals surface area (Å²) in [5, 5.41) is 3.70. The van der Waals surface area contributed by atoms with Gasteiger partial charge in [0.25, 0.3) is 0 Å². The van der Waals surface area contributed by atoms with E-state index in [0.29, 0.717) is 6.04 Å². The third kappa shape index (κ3) is 5.44. The number of aryl methyl sites for hydroxylation is 2. The highest BCUT2D eigenvalue weighted by Crippen LogP contribution is 2.20. The number of nitrogens with one attached hydrogen (secondary N) is 1. The SMILES string of the molecule is CCNC(CN1CCCCCCC1)c1cc(C)cc(C)c1. The summed E-state index contributed by atoms with van der Waals surface area (Å²) in [5.74, 6) is 0. The first kappa shape index (κ1) is 16.5. The monoisotopic (exact) mass is 288 g/mol. The molecule has 1 saturated heterocycles. The van der Waals surface area contributed by atoms with Crippen LogP contribution in [0.1, 0.15) is 61.8 Å². The largest absolute Gasteiger partial charge is 0.309 e. The van der Waals surface area contributed by atoms with Gasteiger partial charge in [-0.05, 0) is 51.9 Å². The first-order valence-corrected chi connectivity index (χ1v) is 8.73. The average Bonchev–Trinajstić information content (AvgIpc) is 2.39. The molecule has 1 aliphatic rings. The van der Waals surface area contributed by atoms with E-state index in [4.69, 9.17) is 0 Å². The molecule has 1 N–H and O–H groups in total. The minimum atomic E-state index is 0.466. The Kier molecular flexibility index (Phi) is 6.72. The van der Waals surface area contributed by atoms with Crippen LogP contribution in [0.25, 0.3) is 0 Å². The first-order valence-electron chi connectivity index (χ1n) is 8.73. The van der Waals surface area contributed by atoms with Crippen molar-refractivity contribution in [2.75, 3.05) is 26.2 Å². The Labute approximate surface area is 130 Å². The molecule has 0 aromatic heterocycles. The van der Waals surface area contributed by atoms with Crippen molar-refractivity contribution in [2.24, 2.45) is 0 Å². The van der Waals surface area contributed by atoms with Gasteiger partial charge in [-0.2, -0.15) is 0 Å². The number of rotatable bonds is 5. The molecular formula is C19H32N2. The second-order valence-corrected chi connectivity index (χ2v) is 6.60. The van der Waals surface area contributed by atoms with Gasteiger partial charge in [-0.1, -0.05) is 55.5 Å². The van der Waals surface area contributed by atoms with Crippen molar-refractivity contribution in [3.05, 3.63) is 34.9 Å². The predicted octanol–water partition coefficient (Wildman–Crippen LogP) is 4.22. The van der Waals surface area contributed by atoms with Gasteiger partial charge in [0, 0.05) is 12.6 Å². The smallest absolute Gasteiger partial charge is 0.0449 e. The summed E-state index contributed by atoms with van der Waals surface area (Å²) in [4.78, 5) is 2.67. The molecule has 1 aliphatic heterocycles. The maximum atomic E-state index is 3.70. The first-order chi connectivity index (χ1) is 10.2. The van der Waals surface area contributed by atoms with Crippen LogP contribution in [-0.4, -0.2) is 31.1 Å². The lowest BCUT2D eigenvalue weighted by Crippen LogP contribution is -2.37. The van der Waals surface area contributed by atoms with E-state index in [0.717, 1.165) is 13.1 Å². The van der Waals surface area contributed by atoms with Gasteiger partial charge < -0.3 is 10.2 Å². The molecule has 0 amide bonds. The Bertz CT molecular complexity index is 399. The number of benzene rings is 1. The highest BCUT2D eigenvalue weighted by atomic mass is 15.1. The standard InChI is InChI=1S/C19H32N2/c1-4-20-19(18-13-16(2)12-17(3)14-18)15-21-10-8-6-5-7-9-11-21/h12-14,19-20H,4-11,15H2,1-3H3. The molecule has 0 bridgehead atoms. The average molecular weight is 288 g/mol. The van der Waals surface area contributed by atoms with Crippen LogP contribution in [0, 0.1) is 13.8 Å². The van der Waals surface area contributed by atoms with Gasteiger partial charge >= 0.3 is 0 Å². The minimum absolute atomic E-state index is 0.466. The van der Waals surface area contributed by atoms with Gasteiger partial charge in [-0.3, -0.25) is 0 Å². The fourth-order valence-electron chi connectivity index (χ4n) is 3.50. The van der Waals surface area contributed by atoms with Crippen molar-refractivity contribution in [1.29, 1.82) is 0 Å². The van der Waals surface area contributed by atoms with Gasteiger partial charge in [-0.25, -0.2) is 0 Å². The van der Waals surface area contributed by atoms with Gasteiger partial charge in [0.2, 0.25) is 0 Å². The van der Waals surface area contributed by atoms with Crippen molar-refractivity contribution in [3.63, 3.8) is 0 Å². The van der Waals surface area contributed by atoms with E-state index in [1.807, 2.05) is 0 Å². The molecule has 21 heavy (non-hydrogen) atoms. The lowest BCUT2D eigenvalue weighted by Gasteiger charge is -2.30. The molecule has 0 aliphatic carbocycles. The summed E-state index contributed by atoms with van der Waals surface area (Å²) < 4.78 is 0. The van der Waals surface area contributed by atoms with Gasteiger partial charge in [0.1, 0.15) is 0 Å². The van der Waals surface area contributed by atoms with Gasteiger partial charge in [0.15, 0.2) is 0 Å². The van der Waals surface area contributed by atoms with Crippen molar-refractivity contribution in [3.8, 4) is 0 Å². The van der Waals surface area contributed by atoms with Gasteiger partial charge in [0.05, 0.1) is 0 Å². The molecule has 1 unspecified atom stereocenters. The maximum absolute atomic E-state index is 3.70. The molecule has 2 rings (SSSR count). The van der Waals surface area contributed by atoms with E-state index < -0.39 is 0 Å². The number of hydrogen-bond acceptors (Lipinski definition) is 2. The zero-order valence-electron chi connectivity index (χ0n) is 14.1. The molecule has 1 aromatic rings. The van der Waals surface area contributed by atoms with Crippen molar-refractivity contribution in [2.45, 2.75) is 58.9 Å². The van der Waals surface area contributed by atoms with Crippen LogP contribution in [0.3, 0.4) is 0 Å². The van der Waals surface area contributed by atoms with Crippen LogP contribution >= 0.6 is 0 Å². The fraction of sp³-hybridized carbons (Fsp3) is 0.684. The molecule has 1 atom stereocenters. The van der Waals surface area contributed by atoms with Crippen molar-refractivity contribution < 1.29 is 0 Å². The number of likely N-dealkylation sites (tertiary alicyclic amines) is 1. The number of likely N-dealkylation sites (N-methyl/N-ethyl adjacent to an activating group) is 1. The van der Waals surface area contributed by atoms with Crippen LogP contribution in [0.4, 0.5) is 0 Å². The molecule has 1 aromatic carbocycles. The zero-order valence-corrected chi connectivity index (χ0v) is 14.1.